The highest BCUT2D eigenvalue weighted by atomic mass is 32.2. The van der Waals surface area contributed by atoms with Crippen molar-refractivity contribution < 1.29 is 9.59 Å². The molecule has 1 N–H and O–H groups in total. The van der Waals surface area contributed by atoms with Gasteiger partial charge in [-0.3, -0.25) is 4.79 Å². The molecule has 22 heavy (non-hydrogen) atoms. The summed E-state index contributed by atoms with van der Waals surface area (Å²) >= 11 is 1.93. The maximum Gasteiger partial charge on any atom is 0.317 e. The minimum Gasteiger partial charge on any atom is -0.338 e. The number of amides is 3. The van der Waals surface area contributed by atoms with E-state index in [4.69, 9.17) is 0 Å². The van der Waals surface area contributed by atoms with Crippen molar-refractivity contribution in [2.24, 2.45) is 5.92 Å². The molecule has 5 nitrogen and oxygen atoms in total. The number of carbonyl (C=O) groups is 2. The van der Waals surface area contributed by atoms with Crippen molar-refractivity contribution in [1.29, 1.82) is 0 Å². The molecule has 1 aliphatic carbocycles. The van der Waals surface area contributed by atoms with Crippen molar-refractivity contribution in [2.75, 3.05) is 31.9 Å². The molecule has 3 amide bonds. The van der Waals surface area contributed by atoms with Gasteiger partial charge in [-0.05, 0) is 32.6 Å². The Morgan fingerprint density at radius 2 is 1.86 bits per heavy atom. The van der Waals surface area contributed by atoms with Crippen molar-refractivity contribution >= 4 is 23.7 Å². The molecule has 0 atom stereocenters. The molecule has 0 aromatic heterocycles. The molecule has 6 heteroatoms. The van der Waals surface area contributed by atoms with Gasteiger partial charge in [-0.25, -0.2) is 4.79 Å². The lowest BCUT2D eigenvalue weighted by Crippen LogP contribution is -2.55. The van der Waals surface area contributed by atoms with E-state index >= 15 is 0 Å². The van der Waals surface area contributed by atoms with Crippen LogP contribution in [-0.2, 0) is 4.79 Å². The van der Waals surface area contributed by atoms with Crippen LogP contribution in [0.2, 0.25) is 0 Å². The van der Waals surface area contributed by atoms with Crippen LogP contribution in [0.3, 0.4) is 0 Å². The predicted molar refractivity (Wildman–Crippen MR) is 88.7 cm³/mol. The standard InChI is InChI=1S/C16H27N3O2S/c1-2-17-15(21)18-9-7-16(8-10-18)19(11-12-22-16)14(20)13-5-3-4-6-13/h13H,2-12H2,1H3,(H,17,21). The summed E-state index contributed by atoms with van der Waals surface area (Å²) in [6.07, 6.45) is 6.37. The zero-order chi connectivity index (χ0) is 15.6. The first-order chi connectivity index (χ1) is 10.7. The second kappa shape index (κ2) is 6.69. The lowest BCUT2D eigenvalue weighted by atomic mass is 9.99. The monoisotopic (exact) mass is 325 g/mol. The van der Waals surface area contributed by atoms with E-state index in [9.17, 15) is 9.59 Å². The van der Waals surface area contributed by atoms with Crippen LogP contribution in [-0.4, -0.2) is 58.5 Å². The molecule has 1 saturated carbocycles. The van der Waals surface area contributed by atoms with Gasteiger partial charge < -0.3 is 15.1 Å². The topological polar surface area (TPSA) is 52.7 Å². The third-order valence-corrected chi connectivity index (χ3v) is 6.86. The summed E-state index contributed by atoms with van der Waals surface area (Å²) in [4.78, 5) is 28.8. The largest absolute Gasteiger partial charge is 0.338 e. The minimum atomic E-state index is -0.0390. The molecule has 0 radical (unpaired) electrons. The fourth-order valence-corrected chi connectivity index (χ4v) is 5.51. The van der Waals surface area contributed by atoms with E-state index in [1.54, 1.807) is 0 Å². The number of hydrogen-bond donors (Lipinski definition) is 1. The molecular formula is C16H27N3O2S. The number of carbonyl (C=O) groups excluding carboxylic acids is 2. The van der Waals surface area contributed by atoms with Gasteiger partial charge in [-0.15, -0.1) is 11.8 Å². The average Bonchev–Trinajstić information content (AvgIpc) is 3.18. The van der Waals surface area contributed by atoms with Crippen molar-refractivity contribution in [3.8, 4) is 0 Å². The van der Waals surface area contributed by atoms with Gasteiger partial charge in [0, 0.05) is 37.8 Å². The third-order valence-electron chi connectivity index (χ3n) is 5.31. The second-order valence-electron chi connectivity index (χ2n) is 6.59. The Kier molecular flexibility index (Phi) is 4.85. The fraction of sp³-hybridized carbons (Fsp3) is 0.875. The Balaban J connectivity index is 1.63. The lowest BCUT2D eigenvalue weighted by Gasteiger charge is -2.44. The molecule has 2 saturated heterocycles. The lowest BCUT2D eigenvalue weighted by molar-refractivity contribution is -0.138. The molecule has 0 unspecified atom stereocenters. The minimum absolute atomic E-state index is 0.0361. The molecule has 1 spiro atoms. The third kappa shape index (κ3) is 2.94. The zero-order valence-corrected chi connectivity index (χ0v) is 14.3. The number of likely N-dealkylation sites (tertiary alicyclic amines) is 1. The Morgan fingerprint density at radius 1 is 1.18 bits per heavy atom. The van der Waals surface area contributed by atoms with Crippen LogP contribution >= 0.6 is 11.8 Å². The average molecular weight is 325 g/mol. The molecule has 3 aliphatic rings. The summed E-state index contributed by atoms with van der Waals surface area (Å²) in [6, 6.07) is 0.0361. The smallest absolute Gasteiger partial charge is 0.317 e. The van der Waals surface area contributed by atoms with Crippen LogP contribution in [0.1, 0.15) is 45.4 Å². The molecule has 0 aromatic rings. The number of urea groups is 1. The van der Waals surface area contributed by atoms with E-state index in [1.807, 2.05) is 23.6 Å². The van der Waals surface area contributed by atoms with Gasteiger partial charge >= 0.3 is 6.03 Å². The van der Waals surface area contributed by atoms with E-state index in [1.165, 1.54) is 12.8 Å². The fourth-order valence-electron chi connectivity index (χ4n) is 4.05. The first-order valence-electron chi connectivity index (χ1n) is 8.64. The first kappa shape index (κ1) is 16.0. The van der Waals surface area contributed by atoms with Crippen molar-refractivity contribution in [3.05, 3.63) is 0 Å². The number of rotatable bonds is 2. The van der Waals surface area contributed by atoms with Crippen LogP contribution in [0.25, 0.3) is 0 Å². The maximum atomic E-state index is 12.9. The highest BCUT2D eigenvalue weighted by Crippen LogP contribution is 2.45. The molecular weight excluding hydrogens is 298 g/mol. The Hall–Kier alpha value is -0.910. The molecule has 0 bridgehead atoms. The van der Waals surface area contributed by atoms with Crippen LogP contribution in [0.15, 0.2) is 0 Å². The molecule has 2 aliphatic heterocycles. The second-order valence-corrected chi connectivity index (χ2v) is 8.05. The molecule has 2 heterocycles. The van der Waals surface area contributed by atoms with Gasteiger partial charge in [-0.2, -0.15) is 0 Å². The van der Waals surface area contributed by atoms with Crippen molar-refractivity contribution in [3.63, 3.8) is 0 Å². The van der Waals surface area contributed by atoms with E-state index in [-0.39, 0.29) is 16.8 Å². The summed E-state index contributed by atoms with van der Waals surface area (Å²) in [5.74, 6) is 1.69. The number of nitrogens with one attached hydrogen (secondary N) is 1. The van der Waals surface area contributed by atoms with Crippen LogP contribution in [0.5, 0.6) is 0 Å². The summed E-state index contributed by atoms with van der Waals surface area (Å²) in [5, 5.41) is 2.87. The Bertz CT molecular complexity index is 429. The van der Waals surface area contributed by atoms with Gasteiger partial charge in [-0.1, -0.05) is 12.8 Å². The van der Waals surface area contributed by atoms with Crippen LogP contribution < -0.4 is 5.32 Å². The van der Waals surface area contributed by atoms with Gasteiger partial charge in [0.2, 0.25) is 5.91 Å². The van der Waals surface area contributed by atoms with Gasteiger partial charge in [0.25, 0.3) is 0 Å². The van der Waals surface area contributed by atoms with E-state index in [0.29, 0.717) is 12.5 Å². The molecule has 124 valence electrons. The maximum absolute atomic E-state index is 12.9. The number of thioether (sulfide) groups is 1. The van der Waals surface area contributed by atoms with Gasteiger partial charge in [0.1, 0.15) is 0 Å². The molecule has 3 fully saturated rings. The quantitative estimate of drug-likeness (QED) is 0.847. The van der Waals surface area contributed by atoms with E-state index in [0.717, 1.165) is 51.1 Å². The molecule has 3 rings (SSSR count). The van der Waals surface area contributed by atoms with Crippen LogP contribution in [0, 0.1) is 5.92 Å². The number of piperidine rings is 1. The molecule has 0 aromatic carbocycles. The number of nitrogens with zero attached hydrogens (tertiary/aromatic N) is 2. The summed E-state index contributed by atoms with van der Waals surface area (Å²) in [6.45, 7) is 5.02. The SMILES string of the molecule is CCNC(=O)N1CCC2(CC1)SCCN2C(=O)C1CCCC1. The Morgan fingerprint density at radius 3 is 2.50 bits per heavy atom. The van der Waals surface area contributed by atoms with E-state index < -0.39 is 0 Å². The first-order valence-corrected chi connectivity index (χ1v) is 9.63. The summed E-state index contributed by atoms with van der Waals surface area (Å²) in [7, 11) is 0. The van der Waals surface area contributed by atoms with Gasteiger partial charge in [0.05, 0.1) is 4.87 Å². The van der Waals surface area contributed by atoms with Crippen LogP contribution in [0.4, 0.5) is 4.79 Å². The van der Waals surface area contributed by atoms with Gasteiger partial charge in [0.15, 0.2) is 0 Å². The van der Waals surface area contributed by atoms with Crippen molar-refractivity contribution in [1.82, 2.24) is 15.1 Å². The predicted octanol–water partition coefficient (Wildman–Crippen LogP) is 2.27. The van der Waals surface area contributed by atoms with Crippen molar-refractivity contribution in [2.45, 2.75) is 50.3 Å². The highest BCUT2D eigenvalue weighted by Gasteiger charge is 2.48. The summed E-state index contributed by atoms with van der Waals surface area (Å²) in [5.41, 5.74) is 0. The summed E-state index contributed by atoms with van der Waals surface area (Å²) < 4.78 is 0. The highest BCUT2D eigenvalue weighted by molar-refractivity contribution is 8.00. The normalized spacial score (nSPS) is 25.0. The number of hydrogen-bond acceptors (Lipinski definition) is 3. The van der Waals surface area contributed by atoms with E-state index in [2.05, 4.69) is 10.2 Å². The Labute approximate surface area is 137 Å². The zero-order valence-electron chi connectivity index (χ0n) is 13.5.